The molecule has 0 radical (unpaired) electrons. The Morgan fingerprint density at radius 2 is 1.44 bits per heavy atom. The van der Waals surface area contributed by atoms with E-state index in [0.717, 1.165) is 61.8 Å². The second kappa shape index (κ2) is 25.7. The average Bonchev–Trinajstić information content (AvgIpc) is 3.83. The van der Waals surface area contributed by atoms with Crippen molar-refractivity contribution in [3.05, 3.63) is 107 Å². The Bertz CT molecular complexity index is 1870. The molecule has 7 N–H and O–H groups in total. The van der Waals surface area contributed by atoms with E-state index in [1.165, 1.54) is 11.8 Å². The van der Waals surface area contributed by atoms with Crippen molar-refractivity contribution in [2.45, 2.75) is 113 Å². The maximum atomic E-state index is 14.1. The number of hydrogen-bond acceptors (Lipinski definition) is 9. The molecule has 0 aromatic heterocycles. The molecule has 0 saturated carbocycles. The van der Waals surface area contributed by atoms with Crippen LogP contribution in [-0.4, -0.2) is 94.0 Å². The number of carbonyl (C=O) groups is 5. The third kappa shape index (κ3) is 15.8. The van der Waals surface area contributed by atoms with Crippen LogP contribution in [0.15, 0.2) is 84.9 Å². The number of carbonyl (C=O) groups excluding carboxylic acids is 5. The predicted octanol–water partition coefficient (Wildman–Crippen LogP) is 5.99. The van der Waals surface area contributed by atoms with Gasteiger partial charge in [-0.1, -0.05) is 118 Å². The van der Waals surface area contributed by atoms with Gasteiger partial charge in [0.05, 0.1) is 12.1 Å². The van der Waals surface area contributed by atoms with Crippen molar-refractivity contribution < 1.29 is 34.2 Å². The van der Waals surface area contributed by atoms with Crippen molar-refractivity contribution in [3.63, 3.8) is 0 Å². The Labute approximate surface area is 375 Å². The van der Waals surface area contributed by atoms with E-state index in [1.807, 2.05) is 86.3 Å². The highest BCUT2D eigenvalue weighted by molar-refractivity contribution is 8.00. The number of fused-ring (bicyclic) bond motifs is 1. The average molecular weight is 888 g/mol. The fourth-order valence-corrected chi connectivity index (χ4v) is 10.8. The molecular formula is C48H65N5O7S2. The number of hydrogen-bond donors (Lipinski definition) is 7. The van der Waals surface area contributed by atoms with Gasteiger partial charge < -0.3 is 36.8 Å². The van der Waals surface area contributed by atoms with Gasteiger partial charge in [0, 0.05) is 71.4 Å². The number of rotatable bonds is 27. The second-order valence-electron chi connectivity index (χ2n) is 16.9. The molecule has 3 unspecified atom stereocenters. The maximum Gasteiger partial charge on any atom is 0.315 e. The first-order valence-corrected chi connectivity index (χ1v) is 24.4. The third-order valence-corrected chi connectivity index (χ3v) is 14.2. The van der Waals surface area contributed by atoms with Crippen LogP contribution >= 0.6 is 23.5 Å². The van der Waals surface area contributed by atoms with Gasteiger partial charge in [-0.05, 0) is 49.1 Å². The van der Waals surface area contributed by atoms with Gasteiger partial charge in [0.2, 0.25) is 17.7 Å². The number of amides is 5. The quantitative estimate of drug-likeness (QED) is 0.0209. The summed E-state index contributed by atoms with van der Waals surface area (Å²) >= 11 is 3.38. The molecule has 0 spiro atoms. The zero-order valence-corrected chi connectivity index (χ0v) is 37.7. The van der Waals surface area contributed by atoms with Crippen LogP contribution in [0, 0.1) is 17.8 Å². The highest BCUT2D eigenvalue weighted by Gasteiger charge is 2.42. The summed E-state index contributed by atoms with van der Waals surface area (Å²) in [6.45, 7) is 5.02. The highest BCUT2D eigenvalue weighted by atomic mass is 32.2. The lowest BCUT2D eigenvalue weighted by Gasteiger charge is -2.30. The molecule has 0 bridgehead atoms. The van der Waals surface area contributed by atoms with Gasteiger partial charge in [0.25, 0.3) is 0 Å². The molecule has 2 heterocycles. The normalized spacial score (nSPS) is 18.4. The smallest absolute Gasteiger partial charge is 0.315 e. The molecule has 5 rings (SSSR count). The number of thioether (sulfide) groups is 2. The van der Waals surface area contributed by atoms with Gasteiger partial charge in [-0.3, -0.25) is 19.2 Å². The minimum absolute atomic E-state index is 0.0549. The summed E-state index contributed by atoms with van der Waals surface area (Å²) in [6.07, 6.45) is 5.59. The molecule has 6 atom stereocenters. The van der Waals surface area contributed by atoms with E-state index in [0.29, 0.717) is 53.8 Å². The van der Waals surface area contributed by atoms with Gasteiger partial charge >= 0.3 is 6.03 Å². The summed E-state index contributed by atoms with van der Waals surface area (Å²) in [6, 6.07) is 25.5. The van der Waals surface area contributed by atoms with E-state index >= 15 is 0 Å². The Morgan fingerprint density at radius 1 is 0.774 bits per heavy atom. The summed E-state index contributed by atoms with van der Waals surface area (Å²) in [5.74, 6) is -0.335. The minimum Gasteiger partial charge on any atom is -0.368 e. The standard InChI is InChI=1S/C48H65N5O7S2/c1-32(2)27-37(38(47(58)59)30-61-29-34-21-23-36(24-22-34)44(55)35-17-9-6-10-18-35)45(56)51-39(28-33-15-7-5-8-16-33)46(57)50-26-14-4-3-13-25-49-42(54)20-12-11-19-41-43-40(31-62-41)52-48(60)53-43/h5-10,15-18,21-24,32,37-41,43,47,58-59H,3-4,11-14,19-20,25-31H2,1-2H3,(H,49,54)(H,50,57)(H,51,56)(H2,52,53,60)/t37-,38+,39+,40?,41?,43?/m1/s1. The van der Waals surface area contributed by atoms with Crippen molar-refractivity contribution >= 4 is 53.1 Å². The van der Waals surface area contributed by atoms with Crippen LogP contribution in [0.2, 0.25) is 0 Å². The first-order chi connectivity index (χ1) is 30.0. The SMILES string of the molecule is CC(C)C[C@@H](C(=O)N[C@@H](Cc1ccccc1)C(=O)NCCCCCCNC(=O)CCCCC1SCC2NC(=O)NC21)[C@H](CSCc1ccc(C(=O)c2ccccc2)cc1)C(O)O. The van der Waals surface area contributed by atoms with Crippen LogP contribution in [-0.2, 0) is 26.6 Å². The molecule has 3 aromatic rings. The van der Waals surface area contributed by atoms with E-state index in [4.69, 9.17) is 0 Å². The van der Waals surface area contributed by atoms with Gasteiger partial charge in [-0.15, -0.1) is 0 Å². The van der Waals surface area contributed by atoms with Crippen LogP contribution < -0.4 is 26.6 Å². The van der Waals surface area contributed by atoms with Gasteiger partial charge in [0.1, 0.15) is 6.04 Å². The Balaban J connectivity index is 1.04. The number of urea groups is 1. The van der Waals surface area contributed by atoms with E-state index in [2.05, 4.69) is 26.6 Å². The second-order valence-corrected chi connectivity index (χ2v) is 19.2. The molecule has 14 heteroatoms. The van der Waals surface area contributed by atoms with Gasteiger partial charge in [-0.25, -0.2) is 4.79 Å². The first-order valence-electron chi connectivity index (χ1n) is 22.2. The molecule has 3 aromatic carbocycles. The number of aliphatic hydroxyl groups excluding tert-OH is 1. The Morgan fingerprint density at radius 3 is 2.11 bits per heavy atom. The van der Waals surface area contributed by atoms with Crippen LogP contribution in [0.1, 0.15) is 98.7 Å². The molecule has 12 nitrogen and oxygen atoms in total. The first kappa shape index (κ1) is 48.7. The summed E-state index contributed by atoms with van der Waals surface area (Å²) in [5.41, 5.74) is 3.07. The molecule has 5 amide bonds. The molecular weight excluding hydrogens is 823 g/mol. The molecule has 0 aliphatic carbocycles. The lowest BCUT2D eigenvalue weighted by molar-refractivity contribution is -0.140. The zero-order chi connectivity index (χ0) is 44.3. The highest BCUT2D eigenvalue weighted by Crippen LogP contribution is 2.33. The van der Waals surface area contributed by atoms with Gasteiger partial charge in [0.15, 0.2) is 12.1 Å². The van der Waals surface area contributed by atoms with Crippen molar-refractivity contribution in [1.29, 1.82) is 0 Å². The monoisotopic (exact) mass is 887 g/mol. The molecule has 2 aliphatic heterocycles. The van der Waals surface area contributed by atoms with E-state index in [1.54, 1.807) is 24.3 Å². The molecule has 2 fully saturated rings. The van der Waals surface area contributed by atoms with Crippen molar-refractivity contribution in [3.8, 4) is 0 Å². The summed E-state index contributed by atoms with van der Waals surface area (Å²) in [5, 5.41) is 36.6. The Kier molecular flexibility index (Phi) is 20.1. The molecule has 2 saturated heterocycles. The zero-order valence-electron chi connectivity index (χ0n) is 36.1. The van der Waals surface area contributed by atoms with Crippen molar-refractivity contribution in [2.75, 3.05) is 24.6 Å². The number of benzene rings is 3. The van der Waals surface area contributed by atoms with Crippen LogP contribution in [0.5, 0.6) is 0 Å². The van der Waals surface area contributed by atoms with E-state index in [9.17, 15) is 34.2 Å². The van der Waals surface area contributed by atoms with Crippen molar-refractivity contribution in [1.82, 2.24) is 26.6 Å². The summed E-state index contributed by atoms with van der Waals surface area (Å²) in [4.78, 5) is 64.5. The maximum absolute atomic E-state index is 14.1. The van der Waals surface area contributed by atoms with Crippen LogP contribution in [0.25, 0.3) is 0 Å². The van der Waals surface area contributed by atoms with Crippen molar-refractivity contribution in [2.24, 2.45) is 17.8 Å². The summed E-state index contributed by atoms with van der Waals surface area (Å²) < 4.78 is 0. The largest absolute Gasteiger partial charge is 0.368 e. The number of unbranched alkanes of at least 4 members (excludes halogenated alkanes) is 4. The Hall–Kier alpha value is -4.37. The molecule has 62 heavy (non-hydrogen) atoms. The number of nitrogens with one attached hydrogen (secondary N) is 5. The summed E-state index contributed by atoms with van der Waals surface area (Å²) in [7, 11) is 0. The topological polar surface area (TPSA) is 186 Å². The lowest BCUT2D eigenvalue weighted by atomic mass is 9.84. The van der Waals surface area contributed by atoms with Crippen LogP contribution in [0.3, 0.4) is 0 Å². The number of aliphatic hydroxyl groups is 2. The third-order valence-electron chi connectivity index (χ3n) is 11.5. The van der Waals surface area contributed by atoms with E-state index in [-0.39, 0.29) is 54.0 Å². The number of ketones is 1. The van der Waals surface area contributed by atoms with E-state index < -0.39 is 24.2 Å². The van der Waals surface area contributed by atoms with Gasteiger partial charge in [-0.2, -0.15) is 23.5 Å². The molecule has 2 aliphatic rings. The fourth-order valence-electron chi connectivity index (χ4n) is 8.08. The fraction of sp³-hybridized carbons (Fsp3) is 0.521. The lowest BCUT2D eigenvalue weighted by Crippen LogP contribution is -2.52. The minimum atomic E-state index is -1.74. The predicted molar refractivity (Wildman–Crippen MR) is 248 cm³/mol. The van der Waals surface area contributed by atoms with Crippen LogP contribution in [0.4, 0.5) is 4.79 Å². The molecule has 336 valence electrons.